The molecule has 0 aliphatic rings. The SMILES string of the molecule is CS(=O)(=O)c1ccccc1-c1ccc(NC(=O)NN(Cc2ccccc2)c2cccc(C(=N)N)c2)cc1. The van der Waals surface area contributed by atoms with Crippen LogP contribution in [0.4, 0.5) is 16.2 Å². The Kier molecular flexibility index (Phi) is 7.55. The number of urea groups is 1. The average Bonchev–Trinajstić information content (AvgIpc) is 2.89. The topological polar surface area (TPSA) is 128 Å². The number of nitrogen functional groups attached to an aromatic ring is 1. The first-order valence-corrected chi connectivity index (χ1v) is 13.3. The summed E-state index contributed by atoms with van der Waals surface area (Å²) in [6, 6.07) is 30.0. The molecule has 0 saturated heterocycles. The maximum Gasteiger partial charge on any atom is 0.338 e. The molecular weight excluding hydrogens is 486 g/mol. The monoisotopic (exact) mass is 513 g/mol. The minimum atomic E-state index is -3.39. The van der Waals surface area contributed by atoms with Crippen molar-refractivity contribution in [2.75, 3.05) is 16.6 Å². The Hall–Kier alpha value is -4.63. The number of rotatable bonds is 8. The molecule has 4 rings (SSSR count). The van der Waals surface area contributed by atoms with Crippen LogP contribution in [0.2, 0.25) is 0 Å². The summed E-state index contributed by atoms with van der Waals surface area (Å²) in [5.41, 5.74) is 12.6. The molecule has 0 heterocycles. The van der Waals surface area contributed by atoms with Crippen molar-refractivity contribution < 1.29 is 13.2 Å². The standard InChI is InChI=1S/C28H27N5O3S/c1-37(35,36)26-13-6-5-12-25(26)21-14-16-23(17-15-21)31-28(34)32-33(19-20-8-3-2-4-9-20)24-11-7-10-22(18-24)27(29)30/h2-18H,19H2,1H3,(H3,29,30)(H2,31,32,34). The van der Waals surface area contributed by atoms with Crippen LogP contribution in [0.3, 0.4) is 0 Å². The number of carbonyl (C=O) groups excluding carboxylic acids is 1. The number of hydrogen-bond donors (Lipinski definition) is 4. The van der Waals surface area contributed by atoms with Gasteiger partial charge in [-0.1, -0.05) is 72.8 Å². The van der Waals surface area contributed by atoms with Crippen molar-refractivity contribution in [1.29, 1.82) is 5.41 Å². The molecule has 0 aliphatic carbocycles. The lowest BCUT2D eigenvalue weighted by Crippen LogP contribution is -2.44. The molecule has 37 heavy (non-hydrogen) atoms. The summed E-state index contributed by atoms with van der Waals surface area (Å²) in [7, 11) is -3.39. The molecule has 8 nitrogen and oxygen atoms in total. The van der Waals surface area contributed by atoms with E-state index in [0.717, 1.165) is 11.1 Å². The van der Waals surface area contributed by atoms with E-state index in [1.165, 1.54) is 6.26 Å². The van der Waals surface area contributed by atoms with Gasteiger partial charge in [-0.05, 0) is 41.5 Å². The first-order valence-electron chi connectivity index (χ1n) is 11.4. The van der Waals surface area contributed by atoms with E-state index < -0.39 is 15.9 Å². The van der Waals surface area contributed by atoms with Crippen LogP contribution in [0, 0.1) is 5.41 Å². The number of sulfone groups is 1. The summed E-state index contributed by atoms with van der Waals surface area (Å²) in [4.78, 5) is 13.2. The van der Waals surface area contributed by atoms with Gasteiger partial charge in [0.15, 0.2) is 9.84 Å². The molecule has 4 aromatic rings. The highest BCUT2D eigenvalue weighted by Crippen LogP contribution is 2.28. The molecule has 0 spiro atoms. The summed E-state index contributed by atoms with van der Waals surface area (Å²) in [5.74, 6) is -0.0662. The lowest BCUT2D eigenvalue weighted by Gasteiger charge is -2.26. The van der Waals surface area contributed by atoms with Crippen molar-refractivity contribution in [3.63, 3.8) is 0 Å². The fourth-order valence-corrected chi connectivity index (χ4v) is 4.76. The van der Waals surface area contributed by atoms with Crippen LogP contribution < -0.4 is 21.5 Å². The number of nitrogens with one attached hydrogen (secondary N) is 3. The van der Waals surface area contributed by atoms with Crippen LogP contribution in [0.25, 0.3) is 11.1 Å². The Labute approximate surface area is 216 Å². The first kappa shape index (κ1) is 25.5. The number of nitrogens with zero attached hydrogens (tertiary/aromatic N) is 1. The molecule has 188 valence electrons. The van der Waals surface area contributed by atoms with E-state index in [9.17, 15) is 13.2 Å². The van der Waals surface area contributed by atoms with Crippen molar-refractivity contribution in [2.45, 2.75) is 11.4 Å². The Morgan fingerprint density at radius 2 is 1.57 bits per heavy atom. The Bertz CT molecular complexity index is 1520. The molecule has 0 fully saturated rings. The molecular formula is C28H27N5O3S. The van der Waals surface area contributed by atoms with Gasteiger partial charge in [-0.3, -0.25) is 10.4 Å². The summed E-state index contributed by atoms with van der Waals surface area (Å²) in [6.45, 7) is 0.386. The Balaban J connectivity index is 1.53. The van der Waals surface area contributed by atoms with E-state index in [1.807, 2.05) is 36.4 Å². The van der Waals surface area contributed by atoms with Crippen LogP contribution in [-0.4, -0.2) is 26.5 Å². The fraction of sp³-hybridized carbons (Fsp3) is 0.0714. The third-order valence-corrected chi connectivity index (χ3v) is 6.78. The van der Waals surface area contributed by atoms with Gasteiger partial charge >= 0.3 is 6.03 Å². The number of amides is 2. The second-order valence-electron chi connectivity index (χ2n) is 8.45. The Morgan fingerprint density at radius 1 is 0.892 bits per heavy atom. The predicted molar refractivity (Wildman–Crippen MR) is 147 cm³/mol. The summed E-state index contributed by atoms with van der Waals surface area (Å²) < 4.78 is 24.3. The predicted octanol–water partition coefficient (Wildman–Crippen LogP) is 4.78. The van der Waals surface area contributed by atoms with Crippen LogP contribution in [0.15, 0.2) is 108 Å². The number of benzene rings is 4. The number of hydrazine groups is 1. The van der Waals surface area contributed by atoms with Gasteiger partial charge in [0.25, 0.3) is 0 Å². The van der Waals surface area contributed by atoms with Crippen molar-refractivity contribution in [1.82, 2.24) is 5.43 Å². The normalized spacial score (nSPS) is 10.9. The van der Waals surface area contributed by atoms with Crippen molar-refractivity contribution in [3.8, 4) is 11.1 Å². The molecule has 5 N–H and O–H groups in total. The third kappa shape index (κ3) is 6.53. The van der Waals surface area contributed by atoms with Crippen molar-refractivity contribution in [2.24, 2.45) is 5.73 Å². The maximum atomic E-state index is 12.9. The quantitative estimate of drug-likeness (QED) is 0.153. The number of carbonyl (C=O) groups is 1. The largest absolute Gasteiger partial charge is 0.384 e. The summed E-state index contributed by atoms with van der Waals surface area (Å²) >= 11 is 0. The lowest BCUT2D eigenvalue weighted by atomic mass is 10.1. The molecule has 9 heteroatoms. The summed E-state index contributed by atoms with van der Waals surface area (Å²) in [5, 5.41) is 12.2. The second kappa shape index (κ2) is 11.0. The molecule has 0 aliphatic heterocycles. The minimum Gasteiger partial charge on any atom is -0.384 e. The molecule has 0 saturated carbocycles. The highest BCUT2D eigenvalue weighted by molar-refractivity contribution is 7.90. The fourth-order valence-electron chi connectivity index (χ4n) is 3.85. The highest BCUT2D eigenvalue weighted by atomic mass is 32.2. The molecule has 0 unspecified atom stereocenters. The molecule has 0 atom stereocenters. The van der Waals surface area contributed by atoms with E-state index in [2.05, 4.69) is 10.7 Å². The Morgan fingerprint density at radius 3 is 2.24 bits per heavy atom. The lowest BCUT2D eigenvalue weighted by molar-refractivity contribution is 0.251. The van der Waals surface area contributed by atoms with Gasteiger partial charge in [0.1, 0.15) is 5.84 Å². The number of amidine groups is 1. The number of anilines is 2. The van der Waals surface area contributed by atoms with Crippen LogP contribution in [-0.2, 0) is 16.4 Å². The number of hydrogen-bond acceptors (Lipinski definition) is 5. The van der Waals surface area contributed by atoms with Gasteiger partial charge in [0, 0.05) is 23.1 Å². The molecule has 0 radical (unpaired) electrons. The van der Waals surface area contributed by atoms with Crippen molar-refractivity contribution >= 4 is 33.1 Å². The van der Waals surface area contributed by atoms with Crippen LogP contribution in [0.1, 0.15) is 11.1 Å². The molecule has 4 aromatic carbocycles. The molecule has 2 amide bonds. The van der Waals surface area contributed by atoms with Gasteiger partial charge in [0.05, 0.1) is 17.1 Å². The van der Waals surface area contributed by atoms with E-state index in [-0.39, 0.29) is 10.7 Å². The summed E-state index contributed by atoms with van der Waals surface area (Å²) in [6.07, 6.45) is 1.18. The van der Waals surface area contributed by atoms with E-state index in [1.54, 1.807) is 71.7 Å². The zero-order valence-electron chi connectivity index (χ0n) is 20.2. The average molecular weight is 514 g/mol. The van der Waals surface area contributed by atoms with Crippen LogP contribution >= 0.6 is 0 Å². The van der Waals surface area contributed by atoms with Gasteiger partial charge in [-0.2, -0.15) is 0 Å². The zero-order valence-corrected chi connectivity index (χ0v) is 21.0. The minimum absolute atomic E-state index is 0.0662. The van der Waals surface area contributed by atoms with Gasteiger partial charge in [-0.25, -0.2) is 18.6 Å². The van der Waals surface area contributed by atoms with E-state index in [4.69, 9.17) is 11.1 Å². The molecule has 0 bridgehead atoms. The molecule has 0 aromatic heterocycles. The number of nitrogens with two attached hydrogens (primary N) is 1. The van der Waals surface area contributed by atoms with Crippen molar-refractivity contribution in [3.05, 3.63) is 114 Å². The van der Waals surface area contributed by atoms with E-state index in [0.29, 0.717) is 29.0 Å². The zero-order chi connectivity index (χ0) is 26.4. The third-order valence-electron chi connectivity index (χ3n) is 5.63. The van der Waals surface area contributed by atoms with Crippen LogP contribution in [0.5, 0.6) is 0 Å². The van der Waals surface area contributed by atoms with Gasteiger partial charge in [0.2, 0.25) is 0 Å². The van der Waals surface area contributed by atoms with Gasteiger partial charge < -0.3 is 11.1 Å². The van der Waals surface area contributed by atoms with E-state index >= 15 is 0 Å². The highest BCUT2D eigenvalue weighted by Gasteiger charge is 2.15. The second-order valence-corrected chi connectivity index (χ2v) is 10.4. The smallest absolute Gasteiger partial charge is 0.338 e. The van der Waals surface area contributed by atoms with Gasteiger partial charge in [-0.15, -0.1) is 0 Å². The first-order chi connectivity index (χ1) is 17.7. The maximum absolute atomic E-state index is 12.9.